The van der Waals surface area contributed by atoms with Crippen molar-refractivity contribution >= 4 is 11.9 Å². The molecule has 27 heavy (non-hydrogen) atoms. The summed E-state index contributed by atoms with van der Waals surface area (Å²) in [7, 11) is 3.33. The first-order valence-corrected chi connectivity index (χ1v) is 8.43. The molecule has 3 rings (SSSR count). The predicted molar refractivity (Wildman–Crippen MR) is 93.5 cm³/mol. The van der Waals surface area contributed by atoms with Gasteiger partial charge in [-0.25, -0.2) is 18.2 Å². The van der Waals surface area contributed by atoms with E-state index in [0.29, 0.717) is 5.56 Å². The molecule has 0 aliphatic heterocycles. The number of alkyl halides is 2. The number of aromatic nitrogens is 2. The van der Waals surface area contributed by atoms with Crippen LogP contribution in [-0.4, -0.2) is 30.0 Å². The average Bonchev–Trinajstić information content (AvgIpc) is 3.43. The lowest BCUT2D eigenvalue weighted by Crippen LogP contribution is -2.32. The SMILES string of the molecule is CN(C)c1nc(C(=O)N[C@@H](c2ccc(C(F)F)c(F)c2)C2CC2)cc(=O)[nH]1. The molecule has 1 aromatic carbocycles. The lowest BCUT2D eigenvalue weighted by Gasteiger charge is -2.20. The van der Waals surface area contributed by atoms with Crippen molar-refractivity contribution in [3.05, 3.63) is 57.3 Å². The monoisotopic (exact) mass is 380 g/mol. The van der Waals surface area contributed by atoms with Crippen molar-refractivity contribution in [1.82, 2.24) is 15.3 Å². The molecular formula is C18H19F3N4O2. The summed E-state index contributed by atoms with van der Waals surface area (Å²) in [6.07, 6.45) is -1.25. The molecule has 1 heterocycles. The summed E-state index contributed by atoms with van der Waals surface area (Å²) in [5.41, 5.74) is -0.816. The van der Waals surface area contributed by atoms with Crippen molar-refractivity contribution in [1.29, 1.82) is 0 Å². The van der Waals surface area contributed by atoms with Crippen molar-refractivity contribution in [2.75, 3.05) is 19.0 Å². The van der Waals surface area contributed by atoms with E-state index in [0.717, 1.165) is 31.0 Å². The second kappa shape index (κ2) is 7.42. The van der Waals surface area contributed by atoms with Crippen LogP contribution in [0.3, 0.4) is 0 Å². The molecule has 6 nitrogen and oxygen atoms in total. The Morgan fingerprint density at radius 1 is 1.30 bits per heavy atom. The average molecular weight is 380 g/mol. The van der Waals surface area contributed by atoms with E-state index < -0.39 is 35.3 Å². The molecule has 144 valence electrons. The minimum absolute atomic E-state index is 0.0715. The molecule has 9 heteroatoms. The Balaban J connectivity index is 1.86. The fourth-order valence-corrected chi connectivity index (χ4v) is 2.80. The van der Waals surface area contributed by atoms with Crippen LogP contribution < -0.4 is 15.8 Å². The molecule has 0 saturated heterocycles. The summed E-state index contributed by atoms with van der Waals surface area (Å²) in [5.74, 6) is -1.28. The highest BCUT2D eigenvalue weighted by Gasteiger charge is 2.34. The third kappa shape index (κ3) is 4.29. The maximum atomic E-state index is 13.9. The summed E-state index contributed by atoms with van der Waals surface area (Å²) < 4.78 is 39.4. The highest BCUT2D eigenvalue weighted by molar-refractivity contribution is 5.92. The zero-order valence-corrected chi connectivity index (χ0v) is 14.8. The number of benzene rings is 1. The first-order chi connectivity index (χ1) is 12.8. The van der Waals surface area contributed by atoms with Crippen LogP contribution >= 0.6 is 0 Å². The lowest BCUT2D eigenvalue weighted by atomic mass is 10.00. The molecule has 1 atom stereocenters. The highest BCUT2D eigenvalue weighted by Crippen LogP contribution is 2.41. The molecule has 0 spiro atoms. The van der Waals surface area contributed by atoms with E-state index in [2.05, 4.69) is 15.3 Å². The van der Waals surface area contributed by atoms with Gasteiger partial charge in [-0.15, -0.1) is 0 Å². The number of hydrogen-bond donors (Lipinski definition) is 2. The number of hydrogen-bond acceptors (Lipinski definition) is 4. The number of H-pyrrole nitrogens is 1. The molecular weight excluding hydrogens is 361 g/mol. The number of carbonyl (C=O) groups excluding carboxylic acids is 1. The van der Waals surface area contributed by atoms with Crippen molar-refractivity contribution < 1.29 is 18.0 Å². The van der Waals surface area contributed by atoms with Gasteiger partial charge in [0.2, 0.25) is 5.95 Å². The Hall–Kier alpha value is -2.84. The van der Waals surface area contributed by atoms with Crippen LogP contribution in [0.5, 0.6) is 0 Å². The Bertz CT molecular complexity index is 910. The summed E-state index contributed by atoms with van der Waals surface area (Å²) in [4.78, 5) is 32.5. The Kier molecular flexibility index (Phi) is 5.20. The Morgan fingerprint density at radius 3 is 2.56 bits per heavy atom. The first-order valence-electron chi connectivity index (χ1n) is 8.43. The van der Waals surface area contributed by atoms with Crippen LogP contribution in [0.4, 0.5) is 19.1 Å². The normalized spacial score (nSPS) is 14.9. The van der Waals surface area contributed by atoms with E-state index in [-0.39, 0.29) is 17.6 Å². The second-order valence-electron chi connectivity index (χ2n) is 6.72. The van der Waals surface area contributed by atoms with Crippen LogP contribution in [0.25, 0.3) is 0 Å². The third-order valence-electron chi connectivity index (χ3n) is 4.38. The summed E-state index contributed by atoms with van der Waals surface area (Å²) in [6.45, 7) is 0. The zero-order valence-electron chi connectivity index (χ0n) is 14.8. The van der Waals surface area contributed by atoms with Gasteiger partial charge in [0, 0.05) is 20.2 Å². The number of halogens is 3. The van der Waals surface area contributed by atoms with Gasteiger partial charge >= 0.3 is 0 Å². The smallest absolute Gasteiger partial charge is 0.270 e. The fourth-order valence-electron chi connectivity index (χ4n) is 2.80. The van der Waals surface area contributed by atoms with Crippen molar-refractivity contribution in [3.8, 4) is 0 Å². The molecule has 0 bridgehead atoms. The van der Waals surface area contributed by atoms with Crippen LogP contribution in [0.2, 0.25) is 0 Å². The minimum atomic E-state index is -2.90. The van der Waals surface area contributed by atoms with Crippen molar-refractivity contribution in [2.45, 2.75) is 25.3 Å². The van der Waals surface area contributed by atoms with Crippen molar-refractivity contribution in [3.63, 3.8) is 0 Å². The summed E-state index contributed by atoms with van der Waals surface area (Å²) in [5, 5.41) is 2.75. The van der Waals surface area contributed by atoms with E-state index >= 15 is 0 Å². The summed E-state index contributed by atoms with van der Waals surface area (Å²) in [6, 6.07) is 3.99. The summed E-state index contributed by atoms with van der Waals surface area (Å²) >= 11 is 0. The Morgan fingerprint density at radius 2 is 2.00 bits per heavy atom. The topological polar surface area (TPSA) is 78.1 Å². The molecule has 2 N–H and O–H groups in total. The van der Waals surface area contributed by atoms with E-state index in [4.69, 9.17) is 0 Å². The maximum Gasteiger partial charge on any atom is 0.270 e. The lowest BCUT2D eigenvalue weighted by molar-refractivity contribution is 0.0926. The molecule has 1 amide bonds. The molecule has 2 aromatic rings. The van der Waals surface area contributed by atoms with Crippen molar-refractivity contribution in [2.24, 2.45) is 5.92 Å². The number of anilines is 1. The van der Waals surface area contributed by atoms with E-state index in [9.17, 15) is 22.8 Å². The number of amides is 1. The first kappa shape index (κ1) is 18.9. The van der Waals surface area contributed by atoms with Gasteiger partial charge < -0.3 is 10.2 Å². The standard InChI is InChI=1S/C18H19F3N4O2/c1-25(2)18-22-13(8-14(26)23-18)17(27)24-15(9-3-4-9)10-5-6-11(16(20)21)12(19)7-10/h5-9,15-16H,3-4H2,1-2H3,(H,24,27)(H,22,23,26)/t15-/m1/s1. The number of carbonyl (C=O) groups is 1. The van der Waals surface area contributed by atoms with Gasteiger partial charge in [0.1, 0.15) is 11.5 Å². The van der Waals surface area contributed by atoms with Gasteiger partial charge in [0.25, 0.3) is 17.9 Å². The number of nitrogens with zero attached hydrogens (tertiary/aromatic N) is 2. The van der Waals surface area contributed by atoms with Crippen LogP contribution in [0.1, 0.15) is 46.9 Å². The number of rotatable bonds is 6. The molecule has 1 aromatic heterocycles. The van der Waals surface area contributed by atoms with Gasteiger partial charge in [-0.3, -0.25) is 14.6 Å². The largest absolute Gasteiger partial charge is 0.348 e. The van der Waals surface area contributed by atoms with E-state index in [1.807, 2.05) is 0 Å². The van der Waals surface area contributed by atoms with Gasteiger partial charge in [0.05, 0.1) is 11.6 Å². The second-order valence-corrected chi connectivity index (χ2v) is 6.72. The molecule has 1 aliphatic carbocycles. The van der Waals surface area contributed by atoms with Crippen LogP contribution in [0, 0.1) is 11.7 Å². The predicted octanol–water partition coefficient (Wildman–Crippen LogP) is 2.79. The number of aromatic amines is 1. The molecule has 1 fully saturated rings. The molecule has 1 aliphatic rings. The van der Waals surface area contributed by atoms with Gasteiger partial charge in [0.15, 0.2) is 0 Å². The van der Waals surface area contributed by atoms with Crippen LogP contribution in [0.15, 0.2) is 29.1 Å². The zero-order chi connectivity index (χ0) is 19.7. The number of nitrogens with one attached hydrogen (secondary N) is 2. The third-order valence-corrected chi connectivity index (χ3v) is 4.38. The molecule has 1 saturated carbocycles. The molecule has 0 unspecified atom stereocenters. The fraction of sp³-hybridized carbons (Fsp3) is 0.389. The quantitative estimate of drug-likeness (QED) is 0.808. The minimum Gasteiger partial charge on any atom is -0.348 e. The van der Waals surface area contributed by atoms with Gasteiger partial charge in [-0.1, -0.05) is 12.1 Å². The maximum absolute atomic E-state index is 13.9. The molecule has 0 radical (unpaired) electrons. The van der Waals surface area contributed by atoms with Gasteiger partial charge in [-0.05, 0) is 30.4 Å². The van der Waals surface area contributed by atoms with E-state index in [1.165, 1.54) is 6.07 Å². The Labute approximate surface area is 153 Å². The van der Waals surface area contributed by atoms with Crippen LogP contribution in [-0.2, 0) is 0 Å². The van der Waals surface area contributed by atoms with E-state index in [1.54, 1.807) is 19.0 Å². The van der Waals surface area contributed by atoms with Gasteiger partial charge in [-0.2, -0.15) is 0 Å². The highest BCUT2D eigenvalue weighted by atomic mass is 19.3.